The van der Waals surface area contributed by atoms with Gasteiger partial charge in [0.05, 0.1) is 35.2 Å². The number of thioether (sulfide) groups is 1. The van der Waals surface area contributed by atoms with E-state index in [0.717, 1.165) is 11.8 Å². The molecule has 8 nitrogen and oxygen atoms in total. The van der Waals surface area contributed by atoms with Crippen LogP contribution >= 0.6 is 23.4 Å². The third kappa shape index (κ3) is 4.08. The van der Waals surface area contributed by atoms with Gasteiger partial charge < -0.3 is 15.5 Å². The fraction of sp³-hybridized carbons (Fsp3) is 0.667. The van der Waals surface area contributed by atoms with Gasteiger partial charge in [0.15, 0.2) is 9.84 Å². The van der Waals surface area contributed by atoms with E-state index >= 15 is 0 Å². The Morgan fingerprint density at radius 1 is 1.50 bits per heavy atom. The summed E-state index contributed by atoms with van der Waals surface area (Å²) in [6.45, 7) is 0.133. The van der Waals surface area contributed by atoms with Gasteiger partial charge in [-0.3, -0.25) is 4.79 Å². The second kappa shape index (κ2) is 6.29. The van der Waals surface area contributed by atoms with Gasteiger partial charge in [0, 0.05) is 0 Å². The van der Waals surface area contributed by atoms with Gasteiger partial charge in [-0.2, -0.15) is 0 Å². The van der Waals surface area contributed by atoms with Crippen LogP contribution in [0.25, 0.3) is 0 Å². The fourth-order valence-corrected chi connectivity index (χ4v) is 4.83. The molecule has 2 atom stereocenters. The number of nitrogens with zero attached hydrogens (tertiary/aromatic N) is 2. The zero-order valence-electron chi connectivity index (χ0n) is 10.3. The molecule has 20 heavy (non-hydrogen) atoms. The molecule has 1 aromatic heterocycles. The van der Waals surface area contributed by atoms with Gasteiger partial charge in [0.25, 0.3) is 5.22 Å². The van der Waals surface area contributed by atoms with Gasteiger partial charge in [-0.1, -0.05) is 11.8 Å². The number of carbonyl (C=O) groups is 1. The van der Waals surface area contributed by atoms with E-state index in [-0.39, 0.29) is 40.8 Å². The molecule has 1 aliphatic rings. The molecule has 2 heterocycles. The minimum absolute atomic E-state index is 0.0341. The Bertz CT molecular complexity index is 591. The summed E-state index contributed by atoms with van der Waals surface area (Å²) in [4.78, 5) is 11.7. The number of carbonyl (C=O) groups excluding carboxylic acids is 1. The normalized spacial score (nSPS) is 24.7. The highest BCUT2D eigenvalue weighted by molar-refractivity contribution is 7.99. The summed E-state index contributed by atoms with van der Waals surface area (Å²) in [6.07, 6.45) is 0. The molecule has 1 amide bonds. The minimum Gasteiger partial charge on any atom is -0.415 e. The molecule has 2 rings (SSSR count). The van der Waals surface area contributed by atoms with Crippen LogP contribution < -0.4 is 11.1 Å². The smallest absolute Gasteiger partial charge is 0.277 e. The number of sulfone groups is 1. The number of hydrogen-bond donors (Lipinski definition) is 2. The number of aromatic nitrogens is 2. The van der Waals surface area contributed by atoms with E-state index in [2.05, 4.69) is 15.5 Å². The summed E-state index contributed by atoms with van der Waals surface area (Å²) in [5, 5.41) is 9.58. The van der Waals surface area contributed by atoms with Crippen molar-refractivity contribution in [3.63, 3.8) is 0 Å². The quantitative estimate of drug-likeness (QED) is 0.523. The summed E-state index contributed by atoms with van der Waals surface area (Å²) < 4.78 is 27.8. The van der Waals surface area contributed by atoms with Crippen molar-refractivity contribution in [3.05, 3.63) is 5.89 Å². The Morgan fingerprint density at radius 3 is 2.80 bits per heavy atom. The zero-order chi connectivity index (χ0) is 14.8. The maximum absolute atomic E-state index is 11.7. The van der Waals surface area contributed by atoms with E-state index in [0.29, 0.717) is 0 Å². The molecule has 0 spiro atoms. The number of nitrogens with two attached hydrogens (primary N) is 1. The van der Waals surface area contributed by atoms with E-state index < -0.39 is 21.3 Å². The number of alkyl halides is 1. The molecule has 2 unspecified atom stereocenters. The molecule has 0 saturated carbocycles. The van der Waals surface area contributed by atoms with Crippen molar-refractivity contribution in [2.75, 3.05) is 17.3 Å². The summed E-state index contributed by atoms with van der Waals surface area (Å²) in [5.74, 6) is -0.260. The molecule has 112 valence electrons. The van der Waals surface area contributed by atoms with Crippen LogP contribution in [0.5, 0.6) is 0 Å². The number of hydrogen-bond acceptors (Lipinski definition) is 8. The highest BCUT2D eigenvalue weighted by atomic mass is 35.5. The summed E-state index contributed by atoms with van der Waals surface area (Å²) >= 11 is 6.94. The number of rotatable bonds is 5. The van der Waals surface area contributed by atoms with Crippen molar-refractivity contribution in [1.82, 2.24) is 15.5 Å². The maximum Gasteiger partial charge on any atom is 0.277 e. The van der Waals surface area contributed by atoms with Gasteiger partial charge in [0.2, 0.25) is 11.8 Å². The van der Waals surface area contributed by atoms with Crippen molar-refractivity contribution in [2.24, 2.45) is 5.73 Å². The number of nitrogens with one attached hydrogen (secondary N) is 1. The Balaban J connectivity index is 1.81. The number of amides is 1. The SMILES string of the molecule is NCc1nnc(SCC(=O)NC2CS(=O)(=O)CC2Cl)o1. The van der Waals surface area contributed by atoms with Gasteiger partial charge in [-0.25, -0.2) is 8.42 Å². The lowest BCUT2D eigenvalue weighted by Crippen LogP contribution is -2.41. The lowest BCUT2D eigenvalue weighted by molar-refractivity contribution is -0.119. The van der Waals surface area contributed by atoms with Gasteiger partial charge >= 0.3 is 0 Å². The van der Waals surface area contributed by atoms with Crippen LogP contribution in [0, 0.1) is 0 Å². The van der Waals surface area contributed by atoms with Crippen LogP contribution in [-0.4, -0.2) is 53.2 Å². The highest BCUT2D eigenvalue weighted by Gasteiger charge is 2.37. The van der Waals surface area contributed by atoms with Crippen LogP contribution in [0.1, 0.15) is 5.89 Å². The highest BCUT2D eigenvalue weighted by Crippen LogP contribution is 2.19. The minimum atomic E-state index is -3.17. The van der Waals surface area contributed by atoms with Crippen molar-refractivity contribution >= 4 is 39.1 Å². The molecule has 0 radical (unpaired) electrons. The molecule has 11 heteroatoms. The fourth-order valence-electron chi connectivity index (χ4n) is 1.69. The second-order valence-corrected chi connectivity index (χ2v) is 7.86. The van der Waals surface area contributed by atoms with Crippen LogP contribution in [0.15, 0.2) is 9.64 Å². The number of halogens is 1. The van der Waals surface area contributed by atoms with Crippen molar-refractivity contribution in [2.45, 2.75) is 23.2 Å². The van der Waals surface area contributed by atoms with E-state index in [1.54, 1.807) is 0 Å². The van der Waals surface area contributed by atoms with E-state index in [1.165, 1.54) is 0 Å². The summed E-state index contributed by atoms with van der Waals surface area (Å²) in [6, 6.07) is -0.558. The zero-order valence-corrected chi connectivity index (χ0v) is 12.7. The van der Waals surface area contributed by atoms with E-state index in [9.17, 15) is 13.2 Å². The lowest BCUT2D eigenvalue weighted by atomic mass is 10.2. The first-order valence-electron chi connectivity index (χ1n) is 5.69. The van der Waals surface area contributed by atoms with Gasteiger partial charge in [-0.15, -0.1) is 21.8 Å². The molecule has 0 aliphatic carbocycles. The molecule has 1 saturated heterocycles. The van der Waals surface area contributed by atoms with Crippen molar-refractivity contribution in [1.29, 1.82) is 0 Å². The molecular formula is C9H13ClN4O4S2. The van der Waals surface area contributed by atoms with Crippen molar-refractivity contribution in [3.8, 4) is 0 Å². The second-order valence-electron chi connectivity index (χ2n) is 4.22. The first-order valence-corrected chi connectivity index (χ1v) is 8.93. The lowest BCUT2D eigenvalue weighted by Gasteiger charge is -2.13. The van der Waals surface area contributed by atoms with Gasteiger partial charge in [-0.05, 0) is 0 Å². The first-order chi connectivity index (χ1) is 9.39. The average Bonchev–Trinajstić information content (AvgIpc) is 2.91. The third-order valence-corrected chi connectivity index (χ3v) is 5.77. The Hall–Kier alpha value is -0.840. The first kappa shape index (κ1) is 15.5. The predicted molar refractivity (Wildman–Crippen MR) is 73.1 cm³/mol. The summed E-state index contributed by atoms with van der Waals surface area (Å²) in [5.41, 5.74) is 5.31. The largest absolute Gasteiger partial charge is 0.415 e. The Labute approximate surface area is 124 Å². The molecule has 3 N–H and O–H groups in total. The molecular weight excluding hydrogens is 328 g/mol. The van der Waals surface area contributed by atoms with E-state index in [4.69, 9.17) is 21.8 Å². The molecule has 1 fully saturated rings. The molecule has 0 bridgehead atoms. The van der Waals surface area contributed by atoms with Crippen LogP contribution in [0.4, 0.5) is 0 Å². The average molecular weight is 341 g/mol. The van der Waals surface area contributed by atoms with Crippen molar-refractivity contribution < 1.29 is 17.6 Å². The van der Waals surface area contributed by atoms with Gasteiger partial charge in [0.1, 0.15) is 0 Å². The van der Waals surface area contributed by atoms with E-state index in [1.807, 2.05) is 0 Å². The maximum atomic E-state index is 11.7. The molecule has 0 aromatic carbocycles. The monoisotopic (exact) mass is 340 g/mol. The molecule has 1 aromatic rings. The topological polar surface area (TPSA) is 128 Å². The summed E-state index contributed by atoms with van der Waals surface area (Å²) in [7, 11) is -3.17. The van der Waals surface area contributed by atoms with Crippen LogP contribution in [-0.2, 0) is 21.2 Å². The standard InChI is InChI=1S/C9H13ClN4O4S2/c10-5-3-20(16,17)4-6(5)12-7(15)2-19-9-14-13-8(1-11)18-9/h5-6H,1-4,11H2,(H,12,15). The Morgan fingerprint density at radius 2 is 2.25 bits per heavy atom. The predicted octanol–water partition coefficient (Wildman–Crippen LogP) is -0.859. The van der Waals surface area contributed by atoms with Crippen LogP contribution in [0.3, 0.4) is 0 Å². The van der Waals surface area contributed by atoms with Crippen LogP contribution in [0.2, 0.25) is 0 Å². The third-order valence-electron chi connectivity index (χ3n) is 2.58. The Kier molecular flexibility index (Phi) is 4.89. The molecule has 1 aliphatic heterocycles.